The largest absolute Gasteiger partial charge is 0.457 e. The van der Waals surface area contributed by atoms with Gasteiger partial charge in [-0.1, -0.05) is 54.6 Å². The number of carbonyl (C=O) groups excluding carboxylic acids is 2. The molecule has 1 atom stereocenters. The van der Waals surface area contributed by atoms with Crippen molar-refractivity contribution in [2.45, 2.75) is 19.6 Å². The molecule has 5 rings (SSSR count). The molecule has 0 radical (unpaired) electrons. The van der Waals surface area contributed by atoms with E-state index in [1.807, 2.05) is 84.4 Å². The summed E-state index contributed by atoms with van der Waals surface area (Å²) in [5.41, 5.74) is 4.13. The first kappa shape index (κ1) is 22.6. The van der Waals surface area contributed by atoms with E-state index in [1.165, 1.54) is 4.90 Å². The van der Waals surface area contributed by atoms with Crippen LogP contribution in [-0.2, 0) is 16.1 Å². The molecule has 176 valence electrons. The van der Waals surface area contributed by atoms with Gasteiger partial charge in [0, 0.05) is 24.5 Å². The molecule has 1 N–H and O–H groups in total. The highest BCUT2D eigenvalue weighted by Gasteiger charge is 2.37. The number of thiophene rings is 1. The van der Waals surface area contributed by atoms with Gasteiger partial charge in [0.05, 0.1) is 22.2 Å². The van der Waals surface area contributed by atoms with Crippen molar-refractivity contribution < 1.29 is 14.3 Å². The fraction of sp³-hybridized carbons (Fsp3) is 0.148. The highest BCUT2D eigenvalue weighted by molar-refractivity contribution is 7.13. The number of aromatic nitrogens is 2. The summed E-state index contributed by atoms with van der Waals surface area (Å²) in [6, 6.07) is 22.2. The maximum Gasteiger partial charge on any atom is 0.338 e. The lowest BCUT2D eigenvalue weighted by Crippen LogP contribution is -2.46. The van der Waals surface area contributed by atoms with Crippen LogP contribution in [0.5, 0.6) is 0 Å². The van der Waals surface area contributed by atoms with Crippen LogP contribution in [0.4, 0.5) is 4.79 Å². The summed E-state index contributed by atoms with van der Waals surface area (Å²) >= 11 is 1.55. The van der Waals surface area contributed by atoms with Crippen molar-refractivity contribution >= 4 is 23.3 Å². The first-order valence-corrected chi connectivity index (χ1v) is 12.1. The molecule has 35 heavy (non-hydrogen) atoms. The number of esters is 1. The lowest BCUT2D eigenvalue weighted by atomic mass is 9.95. The van der Waals surface area contributed by atoms with Crippen LogP contribution in [0.25, 0.3) is 16.3 Å². The molecule has 0 spiro atoms. The summed E-state index contributed by atoms with van der Waals surface area (Å²) in [4.78, 5) is 28.6. The second kappa shape index (κ2) is 9.60. The predicted molar refractivity (Wildman–Crippen MR) is 135 cm³/mol. The van der Waals surface area contributed by atoms with Gasteiger partial charge in [-0.15, -0.1) is 11.3 Å². The normalized spacial score (nSPS) is 15.8. The minimum absolute atomic E-state index is 0.141. The van der Waals surface area contributed by atoms with Crippen LogP contribution < -0.4 is 5.32 Å². The number of ether oxygens (including phenoxy) is 1. The molecule has 2 aromatic heterocycles. The van der Waals surface area contributed by atoms with Crippen molar-refractivity contribution in [3.63, 3.8) is 0 Å². The summed E-state index contributed by atoms with van der Waals surface area (Å²) in [5, 5.41) is 9.81. The van der Waals surface area contributed by atoms with Gasteiger partial charge >= 0.3 is 12.0 Å². The van der Waals surface area contributed by atoms with E-state index in [2.05, 4.69) is 5.32 Å². The van der Waals surface area contributed by atoms with E-state index in [0.717, 1.165) is 21.7 Å². The maximum atomic E-state index is 13.4. The second-order valence-corrected chi connectivity index (χ2v) is 9.14. The zero-order chi connectivity index (χ0) is 24.4. The van der Waals surface area contributed by atoms with Crippen LogP contribution in [0.3, 0.4) is 0 Å². The Morgan fingerprint density at radius 3 is 2.46 bits per heavy atom. The fourth-order valence-corrected chi connectivity index (χ4v) is 4.78. The summed E-state index contributed by atoms with van der Waals surface area (Å²) in [6.45, 7) is 1.90. The van der Waals surface area contributed by atoms with Crippen LogP contribution in [0, 0.1) is 0 Å². The molecular formula is C27H24N4O3S. The van der Waals surface area contributed by atoms with Crippen molar-refractivity contribution in [2.75, 3.05) is 7.05 Å². The van der Waals surface area contributed by atoms with E-state index >= 15 is 0 Å². The summed E-state index contributed by atoms with van der Waals surface area (Å²) in [6.07, 6.45) is 1.87. The van der Waals surface area contributed by atoms with Gasteiger partial charge in [-0.25, -0.2) is 14.3 Å². The number of allylic oxidation sites excluding steroid dienone is 1. The molecule has 0 aliphatic carbocycles. The number of nitrogens with one attached hydrogen (secondary N) is 1. The number of amides is 2. The fourth-order valence-electron chi connectivity index (χ4n) is 4.05. The maximum absolute atomic E-state index is 13.4. The first-order valence-electron chi connectivity index (χ1n) is 11.2. The Morgan fingerprint density at radius 1 is 1.06 bits per heavy atom. The molecule has 1 aliphatic rings. The van der Waals surface area contributed by atoms with Gasteiger partial charge in [-0.05, 0) is 36.1 Å². The number of rotatable bonds is 6. The quantitative estimate of drug-likeness (QED) is 0.376. The number of urea groups is 1. The molecule has 1 aliphatic heterocycles. The third-order valence-electron chi connectivity index (χ3n) is 6.02. The number of nitrogens with zero attached hydrogens (tertiary/aromatic N) is 3. The Kier molecular flexibility index (Phi) is 6.20. The third kappa shape index (κ3) is 4.48. The molecule has 4 aromatic rings. The van der Waals surface area contributed by atoms with Crippen molar-refractivity contribution in [3.05, 3.63) is 107 Å². The minimum atomic E-state index is -0.712. The van der Waals surface area contributed by atoms with Crippen LogP contribution in [0.1, 0.15) is 24.1 Å². The molecule has 0 unspecified atom stereocenters. The summed E-state index contributed by atoms with van der Waals surface area (Å²) < 4.78 is 7.47. The summed E-state index contributed by atoms with van der Waals surface area (Å²) in [7, 11) is 1.64. The first-order chi connectivity index (χ1) is 17.0. The Labute approximate surface area is 207 Å². The average molecular weight is 485 g/mol. The van der Waals surface area contributed by atoms with Gasteiger partial charge in [0.1, 0.15) is 12.3 Å². The van der Waals surface area contributed by atoms with Crippen LogP contribution in [0.15, 0.2) is 95.6 Å². The molecule has 0 saturated carbocycles. The van der Waals surface area contributed by atoms with Crippen molar-refractivity contribution in [1.82, 2.24) is 20.0 Å². The Hall–Kier alpha value is -4.17. The molecule has 3 heterocycles. The van der Waals surface area contributed by atoms with E-state index in [9.17, 15) is 9.59 Å². The van der Waals surface area contributed by atoms with Crippen LogP contribution >= 0.6 is 11.3 Å². The standard InChI is InChI=1S/C27H24N4O3S/c1-18-23(26(32)34-17-19-10-5-3-6-11-19)25(28-27(33)30(18)2)21-16-31(20-12-7-4-8-13-20)29-24(21)22-14-9-15-35-22/h3-16,25H,17H2,1-2H3,(H,28,33)/t25-/m1/s1. The summed E-state index contributed by atoms with van der Waals surface area (Å²) in [5.74, 6) is -0.479. The van der Waals surface area contributed by atoms with Crippen LogP contribution in [0.2, 0.25) is 0 Å². The van der Waals surface area contributed by atoms with E-state index in [1.54, 1.807) is 30.0 Å². The number of hydrogen-bond acceptors (Lipinski definition) is 5. The van der Waals surface area contributed by atoms with Gasteiger partial charge in [-0.3, -0.25) is 0 Å². The van der Waals surface area contributed by atoms with Crippen LogP contribution in [-0.4, -0.2) is 33.7 Å². The van der Waals surface area contributed by atoms with Gasteiger partial charge < -0.3 is 15.0 Å². The monoisotopic (exact) mass is 484 g/mol. The zero-order valence-corrected chi connectivity index (χ0v) is 20.2. The van der Waals surface area contributed by atoms with Gasteiger partial charge in [0.2, 0.25) is 0 Å². The Morgan fingerprint density at radius 2 is 1.77 bits per heavy atom. The number of carbonyl (C=O) groups is 2. The molecule has 0 saturated heterocycles. The van der Waals surface area contributed by atoms with E-state index < -0.39 is 12.0 Å². The number of benzene rings is 2. The predicted octanol–water partition coefficient (Wildman–Crippen LogP) is 5.31. The Balaban J connectivity index is 1.57. The average Bonchev–Trinajstić information content (AvgIpc) is 3.57. The molecule has 2 amide bonds. The lowest BCUT2D eigenvalue weighted by molar-refractivity contribution is -0.141. The van der Waals surface area contributed by atoms with Gasteiger partial charge in [0.25, 0.3) is 0 Å². The van der Waals surface area contributed by atoms with E-state index in [-0.39, 0.29) is 12.6 Å². The lowest BCUT2D eigenvalue weighted by Gasteiger charge is -2.33. The molecular weight excluding hydrogens is 460 g/mol. The second-order valence-electron chi connectivity index (χ2n) is 8.19. The van der Waals surface area contributed by atoms with Crippen molar-refractivity contribution in [2.24, 2.45) is 0 Å². The van der Waals surface area contributed by atoms with Crippen molar-refractivity contribution in [3.8, 4) is 16.3 Å². The van der Waals surface area contributed by atoms with E-state index in [4.69, 9.17) is 9.84 Å². The highest BCUT2D eigenvalue weighted by atomic mass is 32.1. The highest BCUT2D eigenvalue weighted by Crippen LogP contribution is 2.37. The molecule has 2 aromatic carbocycles. The Bertz CT molecular complexity index is 1380. The molecule has 8 heteroatoms. The number of hydrogen-bond donors (Lipinski definition) is 1. The minimum Gasteiger partial charge on any atom is -0.457 e. The zero-order valence-electron chi connectivity index (χ0n) is 19.3. The third-order valence-corrected chi connectivity index (χ3v) is 6.89. The molecule has 7 nitrogen and oxygen atoms in total. The van der Waals surface area contributed by atoms with Crippen molar-refractivity contribution in [1.29, 1.82) is 0 Å². The topological polar surface area (TPSA) is 76.5 Å². The molecule has 0 fully saturated rings. The SMILES string of the molecule is CC1=C(C(=O)OCc2ccccc2)[C@@H](c2cn(-c3ccccc3)nc2-c2cccs2)NC(=O)N1C. The molecule has 0 bridgehead atoms. The van der Waals surface area contributed by atoms with Gasteiger partial charge in [0.15, 0.2) is 0 Å². The van der Waals surface area contributed by atoms with Gasteiger partial charge in [-0.2, -0.15) is 5.10 Å². The van der Waals surface area contributed by atoms with E-state index in [0.29, 0.717) is 17.0 Å². The smallest absolute Gasteiger partial charge is 0.338 e. The number of para-hydroxylation sites is 1.